The van der Waals surface area contributed by atoms with E-state index in [0.29, 0.717) is 22.6 Å². The number of nitrogens with zero attached hydrogens (tertiary/aromatic N) is 1. The summed E-state index contributed by atoms with van der Waals surface area (Å²) in [4.78, 5) is 16.3. The summed E-state index contributed by atoms with van der Waals surface area (Å²) < 4.78 is 18.9. The fourth-order valence-electron chi connectivity index (χ4n) is 2.28. The molecule has 5 heteroatoms. The van der Waals surface area contributed by atoms with Crippen LogP contribution in [0.4, 0.5) is 10.1 Å². The largest absolute Gasteiger partial charge is 0.497 e. The van der Waals surface area contributed by atoms with Crippen molar-refractivity contribution in [1.29, 1.82) is 0 Å². The van der Waals surface area contributed by atoms with Gasteiger partial charge in [-0.05, 0) is 36.4 Å². The molecular formula is C19H15FN2O2. The van der Waals surface area contributed by atoms with Crippen molar-refractivity contribution in [3.8, 4) is 17.0 Å². The van der Waals surface area contributed by atoms with Gasteiger partial charge in [-0.25, -0.2) is 4.39 Å². The first kappa shape index (κ1) is 15.7. The highest BCUT2D eigenvalue weighted by Gasteiger charge is 2.09. The van der Waals surface area contributed by atoms with Crippen molar-refractivity contribution in [3.63, 3.8) is 0 Å². The smallest absolute Gasteiger partial charge is 0.255 e. The van der Waals surface area contributed by atoms with Crippen LogP contribution in [0.1, 0.15) is 10.4 Å². The highest BCUT2D eigenvalue weighted by atomic mass is 19.1. The molecular weight excluding hydrogens is 307 g/mol. The first-order valence-corrected chi connectivity index (χ1v) is 7.34. The Morgan fingerprint density at radius 3 is 2.58 bits per heavy atom. The number of nitrogens with one attached hydrogen (secondary N) is 1. The number of amides is 1. The first-order chi connectivity index (χ1) is 11.7. The molecule has 3 rings (SSSR count). The highest BCUT2D eigenvalue weighted by Crippen LogP contribution is 2.21. The maximum absolute atomic E-state index is 13.7. The van der Waals surface area contributed by atoms with E-state index >= 15 is 0 Å². The molecule has 0 radical (unpaired) electrons. The molecule has 0 aliphatic carbocycles. The van der Waals surface area contributed by atoms with Crippen LogP contribution in [-0.2, 0) is 0 Å². The number of hydrogen-bond acceptors (Lipinski definition) is 3. The van der Waals surface area contributed by atoms with E-state index in [-0.39, 0.29) is 11.6 Å². The third-order valence-electron chi connectivity index (χ3n) is 3.51. The summed E-state index contributed by atoms with van der Waals surface area (Å²) in [6.45, 7) is 0. The first-order valence-electron chi connectivity index (χ1n) is 7.34. The number of benzene rings is 2. The topological polar surface area (TPSA) is 51.2 Å². The van der Waals surface area contributed by atoms with Crippen molar-refractivity contribution < 1.29 is 13.9 Å². The number of hydrogen-bond donors (Lipinski definition) is 1. The minimum Gasteiger partial charge on any atom is -0.497 e. The molecule has 4 nitrogen and oxygen atoms in total. The Hall–Kier alpha value is -3.21. The molecule has 2 aromatic carbocycles. The molecule has 0 aliphatic heterocycles. The minimum atomic E-state index is -0.397. The van der Waals surface area contributed by atoms with Gasteiger partial charge in [0, 0.05) is 29.1 Å². The Labute approximate surface area is 138 Å². The standard InChI is InChI=1S/C19H15FN2O2/c1-24-16-5-2-4-15(12-16)22-19(23)14-9-7-13(8-10-14)18-17(20)6-3-11-21-18/h2-12H,1H3,(H,22,23). The van der Waals surface area contributed by atoms with Crippen molar-refractivity contribution in [3.05, 3.63) is 78.2 Å². The Bertz CT molecular complexity index is 863. The summed E-state index contributed by atoms with van der Waals surface area (Å²) in [6, 6.07) is 16.6. The number of carbonyl (C=O) groups excluding carboxylic acids is 1. The molecule has 0 saturated heterocycles. The van der Waals surface area contributed by atoms with Gasteiger partial charge >= 0.3 is 0 Å². The molecule has 1 aromatic heterocycles. The molecule has 1 amide bonds. The second-order valence-corrected chi connectivity index (χ2v) is 5.10. The molecule has 24 heavy (non-hydrogen) atoms. The van der Waals surface area contributed by atoms with Crippen LogP contribution in [0.3, 0.4) is 0 Å². The number of halogens is 1. The van der Waals surface area contributed by atoms with E-state index in [1.807, 2.05) is 0 Å². The monoisotopic (exact) mass is 322 g/mol. The fourth-order valence-corrected chi connectivity index (χ4v) is 2.28. The molecule has 1 heterocycles. The summed E-state index contributed by atoms with van der Waals surface area (Å²) in [7, 11) is 1.57. The van der Waals surface area contributed by atoms with Gasteiger partial charge in [0.2, 0.25) is 0 Å². The normalized spacial score (nSPS) is 10.2. The van der Waals surface area contributed by atoms with E-state index in [9.17, 15) is 9.18 Å². The Morgan fingerprint density at radius 1 is 1.08 bits per heavy atom. The lowest BCUT2D eigenvalue weighted by Crippen LogP contribution is -2.11. The van der Waals surface area contributed by atoms with Crippen LogP contribution >= 0.6 is 0 Å². The van der Waals surface area contributed by atoms with Gasteiger partial charge in [-0.1, -0.05) is 18.2 Å². The molecule has 0 spiro atoms. The van der Waals surface area contributed by atoms with Gasteiger partial charge in [-0.3, -0.25) is 9.78 Å². The number of carbonyl (C=O) groups is 1. The van der Waals surface area contributed by atoms with Gasteiger partial charge in [0.05, 0.1) is 7.11 Å². The van der Waals surface area contributed by atoms with Gasteiger partial charge in [-0.15, -0.1) is 0 Å². The van der Waals surface area contributed by atoms with Crippen LogP contribution in [0.2, 0.25) is 0 Å². The number of pyridine rings is 1. The lowest BCUT2D eigenvalue weighted by Gasteiger charge is -2.08. The zero-order valence-electron chi connectivity index (χ0n) is 13.0. The average Bonchev–Trinajstić information content (AvgIpc) is 2.62. The molecule has 3 aromatic rings. The zero-order valence-corrected chi connectivity index (χ0v) is 13.0. The summed E-state index contributed by atoms with van der Waals surface area (Å²) in [5.74, 6) is 0.0103. The third kappa shape index (κ3) is 3.41. The van der Waals surface area contributed by atoms with Crippen LogP contribution in [0.5, 0.6) is 5.75 Å². The van der Waals surface area contributed by atoms with Gasteiger partial charge in [-0.2, -0.15) is 0 Å². The van der Waals surface area contributed by atoms with Gasteiger partial charge < -0.3 is 10.1 Å². The van der Waals surface area contributed by atoms with Gasteiger partial charge in [0.25, 0.3) is 5.91 Å². The van der Waals surface area contributed by atoms with Crippen LogP contribution in [-0.4, -0.2) is 18.0 Å². The zero-order chi connectivity index (χ0) is 16.9. The predicted octanol–water partition coefficient (Wildman–Crippen LogP) is 4.15. The number of ether oxygens (including phenoxy) is 1. The Balaban J connectivity index is 1.78. The Morgan fingerprint density at radius 2 is 1.88 bits per heavy atom. The summed E-state index contributed by atoms with van der Waals surface area (Å²) in [5.41, 5.74) is 1.99. The number of rotatable bonds is 4. The highest BCUT2D eigenvalue weighted by molar-refractivity contribution is 6.04. The summed E-state index contributed by atoms with van der Waals surface area (Å²) >= 11 is 0. The minimum absolute atomic E-state index is 0.253. The van der Waals surface area contributed by atoms with Crippen LogP contribution in [0.15, 0.2) is 66.9 Å². The maximum Gasteiger partial charge on any atom is 0.255 e. The quantitative estimate of drug-likeness (QED) is 0.785. The summed E-state index contributed by atoms with van der Waals surface area (Å²) in [5, 5.41) is 2.79. The number of methoxy groups -OCH3 is 1. The van der Waals surface area contributed by atoms with Gasteiger partial charge in [0.15, 0.2) is 0 Å². The summed E-state index contributed by atoms with van der Waals surface area (Å²) in [6.07, 6.45) is 1.53. The SMILES string of the molecule is COc1cccc(NC(=O)c2ccc(-c3ncccc3F)cc2)c1. The second-order valence-electron chi connectivity index (χ2n) is 5.10. The lowest BCUT2D eigenvalue weighted by atomic mass is 10.1. The van der Waals surface area contributed by atoms with E-state index in [4.69, 9.17) is 4.74 Å². The van der Waals surface area contributed by atoms with Crippen molar-refractivity contribution in [1.82, 2.24) is 4.98 Å². The molecule has 0 bridgehead atoms. The van der Waals surface area contributed by atoms with Crippen LogP contribution in [0.25, 0.3) is 11.3 Å². The van der Waals surface area contributed by atoms with E-state index in [1.54, 1.807) is 55.6 Å². The van der Waals surface area contributed by atoms with Crippen molar-refractivity contribution in [2.24, 2.45) is 0 Å². The molecule has 0 unspecified atom stereocenters. The molecule has 0 fully saturated rings. The van der Waals surface area contributed by atoms with E-state index < -0.39 is 5.82 Å². The van der Waals surface area contributed by atoms with Crippen LogP contribution in [0, 0.1) is 5.82 Å². The van der Waals surface area contributed by atoms with Crippen molar-refractivity contribution in [2.45, 2.75) is 0 Å². The molecule has 120 valence electrons. The van der Waals surface area contributed by atoms with Crippen molar-refractivity contribution in [2.75, 3.05) is 12.4 Å². The lowest BCUT2D eigenvalue weighted by molar-refractivity contribution is 0.102. The molecule has 0 saturated carbocycles. The molecule has 0 atom stereocenters. The van der Waals surface area contributed by atoms with E-state index in [0.717, 1.165) is 0 Å². The van der Waals surface area contributed by atoms with Gasteiger partial charge in [0.1, 0.15) is 17.3 Å². The number of aromatic nitrogens is 1. The van der Waals surface area contributed by atoms with E-state index in [2.05, 4.69) is 10.3 Å². The Kier molecular flexibility index (Phi) is 4.52. The van der Waals surface area contributed by atoms with Crippen LogP contribution < -0.4 is 10.1 Å². The predicted molar refractivity (Wildman–Crippen MR) is 90.6 cm³/mol. The fraction of sp³-hybridized carbons (Fsp3) is 0.0526. The molecule has 0 aliphatic rings. The molecule has 1 N–H and O–H groups in total. The van der Waals surface area contributed by atoms with E-state index in [1.165, 1.54) is 18.3 Å². The number of anilines is 1. The average molecular weight is 322 g/mol. The third-order valence-corrected chi connectivity index (χ3v) is 3.51. The second kappa shape index (κ2) is 6.91. The maximum atomic E-state index is 13.7. The van der Waals surface area contributed by atoms with Crippen molar-refractivity contribution >= 4 is 11.6 Å².